The van der Waals surface area contributed by atoms with Gasteiger partial charge in [-0.2, -0.15) is 0 Å². The standard InChI is InChI=1S/C24H21N3O4S/c1-31-13-12-27-20-11-10-18(26-23(29)16-6-8-17(9-7-16)25-15-28)14-22(20)32-21-5-3-2-4-19(21)24(27)30/h2-11,14-15H,12-13H2,1H3,(H,25,28)(H,26,29). The normalized spacial score (nSPS) is 12.4. The van der Waals surface area contributed by atoms with Crippen LogP contribution in [0.2, 0.25) is 0 Å². The summed E-state index contributed by atoms with van der Waals surface area (Å²) in [5.74, 6) is -0.348. The highest BCUT2D eigenvalue weighted by Crippen LogP contribution is 2.42. The minimum absolute atomic E-state index is 0.0790. The Kier molecular flexibility index (Phi) is 6.53. The van der Waals surface area contributed by atoms with Gasteiger partial charge in [-0.05, 0) is 54.6 Å². The van der Waals surface area contributed by atoms with Gasteiger partial charge in [0.1, 0.15) is 0 Å². The monoisotopic (exact) mass is 447 g/mol. The molecule has 1 aliphatic heterocycles. The Morgan fingerprint density at radius 2 is 1.78 bits per heavy atom. The SMILES string of the molecule is COCCN1C(=O)c2ccccc2Sc2cc(NC(=O)c3ccc(NC=O)cc3)ccc21. The van der Waals surface area contributed by atoms with Crippen LogP contribution in [0.15, 0.2) is 76.5 Å². The molecule has 1 aliphatic rings. The van der Waals surface area contributed by atoms with E-state index in [1.54, 1.807) is 42.3 Å². The Hall–Kier alpha value is -3.62. The first-order chi connectivity index (χ1) is 15.6. The zero-order chi connectivity index (χ0) is 22.5. The van der Waals surface area contributed by atoms with E-state index in [4.69, 9.17) is 4.74 Å². The molecule has 0 radical (unpaired) electrons. The van der Waals surface area contributed by atoms with Crippen LogP contribution in [0.1, 0.15) is 20.7 Å². The van der Waals surface area contributed by atoms with Crippen molar-refractivity contribution in [1.82, 2.24) is 0 Å². The minimum Gasteiger partial charge on any atom is -0.383 e. The fourth-order valence-electron chi connectivity index (χ4n) is 3.40. The van der Waals surface area contributed by atoms with E-state index in [1.807, 2.05) is 36.4 Å². The van der Waals surface area contributed by atoms with Gasteiger partial charge in [0.15, 0.2) is 0 Å². The number of methoxy groups -OCH3 is 1. The smallest absolute Gasteiger partial charge is 0.259 e. The molecule has 0 fully saturated rings. The number of ether oxygens (including phenoxy) is 1. The maximum Gasteiger partial charge on any atom is 0.259 e. The molecular formula is C24H21N3O4S. The molecule has 0 saturated heterocycles. The molecule has 1 heterocycles. The summed E-state index contributed by atoms with van der Waals surface area (Å²) in [6, 6.07) is 19.6. The van der Waals surface area contributed by atoms with Crippen LogP contribution in [0, 0.1) is 0 Å². The number of carbonyl (C=O) groups excluding carboxylic acids is 3. The number of anilines is 3. The molecular weight excluding hydrogens is 426 g/mol. The second-order valence-corrected chi connectivity index (χ2v) is 8.11. The summed E-state index contributed by atoms with van der Waals surface area (Å²) in [5.41, 5.74) is 3.11. The highest BCUT2D eigenvalue weighted by molar-refractivity contribution is 7.99. The van der Waals surface area contributed by atoms with Gasteiger partial charge >= 0.3 is 0 Å². The zero-order valence-electron chi connectivity index (χ0n) is 17.3. The second kappa shape index (κ2) is 9.67. The molecule has 3 aromatic rings. The van der Waals surface area contributed by atoms with Crippen LogP contribution in [-0.2, 0) is 9.53 Å². The average molecular weight is 448 g/mol. The largest absolute Gasteiger partial charge is 0.383 e. The zero-order valence-corrected chi connectivity index (χ0v) is 18.1. The van der Waals surface area contributed by atoms with E-state index >= 15 is 0 Å². The summed E-state index contributed by atoms with van der Waals surface area (Å²) in [7, 11) is 1.60. The molecule has 0 saturated carbocycles. The van der Waals surface area contributed by atoms with E-state index in [2.05, 4.69) is 10.6 Å². The number of fused-ring (bicyclic) bond motifs is 2. The molecule has 0 aromatic heterocycles. The number of rotatable bonds is 7. The highest BCUT2D eigenvalue weighted by atomic mass is 32.2. The Morgan fingerprint density at radius 1 is 1.03 bits per heavy atom. The lowest BCUT2D eigenvalue weighted by molar-refractivity contribution is -0.105. The van der Waals surface area contributed by atoms with Gasteiger partial charge in [-0.15, -0.1) is 0 Å². The van der Waals surface area contributed by atoms with Crippen molar-refractivity contribution in [3.8, 4) is 0 Å². The summed E-state index contributed by atoms with van der Waals surface area (Å²) < 4.78 is 5.20. The van der Waals surface area contributed by atoms with Crippen molar-refractivity contribution in [2.24, 2.45) is 0 Å². The first-order valence-electron chi connectivity index (χ1n) is 9.94. The number of nitrogens with zero attached hydrogens (tertiary/aromatic N) is 1. The number of hydrogen-bond acceptors (Lipinski definition) is 5. The van der Waals surface area contributed by atoms with Crippen molar-refractivity contribution in [2.45, 2.75) is 9.79 Å². The molecule has 7 nitrogen and oxygen atoms in total. The van der Waals surface area contributed by atoms with E-state index in [-0.39, 0.29) is 11.8 Å². The molecule has 0 aliphatic carbocycles. The fraction of sp³-hybridized carbons (Fsp3) is 0.125. The van der Waals surface area contributed by atoms with Crippen LogP contribution in [0.4, 0.5) is 17.1 Å². The molecule has 0 spiro atoms. The van der Waals surface area contributed by atoms with Gasteiger partial charge in [-0.1, -0.05) is 23.9 Å². The van der Waals surface area contributed by atoms with Gasteiger partial charge in [-0.3, -0.25) is 14.4 Å². The van der Waals surface area contributed by atoms with Crippen LogP contribution in [0.5, 0.6) is 0 Å². The number of carbonyl (C=O) groups is 3. The third kappa shape index (κ3) is 4.51. The Labute approximate surface area is 189 Å². The summed E-state index contributed by atoms with van der Waals surface area (Å²) in [4.78, 5) is 39.8. The van der Waals surface area contributed by atoms with Gasteiger partial charge in [0.25, 0.3) is 11.8 Å². The first-order valence-corrected chi connectivity index (χ1v) is 10.8. The maximum absolute atomic E-state index is 13.2. The Balaban J connectivity index is 1.63. The summed E-state index contributed by atoms with van der Waals surface area (Å²) in [6.07, 6.45) is 0.585. The van der Waals surface area contributed by atoms with Crippen molar-refractivity contribution in [3.05, 3.63) is 77.9 Å². The van der Waals surface area contributed by atoms with Crippen LogP contribution in [0.3, 0.4) is 0 Å². The number of benzene rings is 3. The average Bonchev–Trinajstić information content (AvgIpc) is 2.92. The number of hydrogen-bond donors (Lipinski definition) is 2. The van der Waals surface area contributed by atoms with E-state index in [9.17, 15) is 14.4 Å². The highest BCUT2D eigenvalue weighted by Gasteiger charge is 2.27. The van der Waals surface area contributed by atoms with Gasteiger partial charge in [-0.25, -0.2) is 0 Å². The Morgan fingerprint density at radius 3 is 2.53 bits per heavy atom. The second-order valence-electron chi connectivity index (χ2n) is 7.02. The van der Waals surface area contributed by atoms with E-state index in [1.165, 1.54) is 11.8 Å². The molecule has 0 unspecified atom stereocenters. The van der Waals surface area contributed by atoms with E-state index < -0.39 is 0 Å². The van der Waals surface area contributed by atoms with Gasteiger partial charge < -0.3 is 20.3 Å². The molecule has 32 heavy (non-hydrogen) atoms. The lowest BCUT2D eigenvalue weighted by Gasteiger charge is -2.23. The van der Waals surface area contributed by atoms with Gasteiger partial charge in [0, 0.05) is 40.4 Å². The quantitative estimate of drug-likeness (QED) is 0.529. The van der Waals surface area contributed by atoms with Gasteiger partial charge in [0.05, 0.1) is 17.9 Å². The molecule has 8 heteroatoms. The molecule has 3 amide bonds. The minimum atomic E-state index is -0.269. The summed E-state index contributed by atoms with van der Waals surface area (Å²) in [5, 5.41) is 5.44. The Bertz CT molecular complexity index is 1160. The van der Waals surface area contributed by atoms with Crippen molar-refractivity contribution in [2.75, 3.05) is 35.8 Å². The molecule has 162 valence electrons. The predicted molar refractivity (Wildman–Crippen MR) is 125 cm³/mol. The van der Waals surface area contributed by atoms with Crippen molar-refractivity contribution in [1.29, 1.82) is 0 Å². The number of amides is 3. The third-order valence-electron chi connectivity index (χ3n) is 4.98. The van der Waals surface area contributed by atoms with Crippen molar-refractivity contribution in [3.63, 3.8) is 0 Å². The molecule has 2 N–H and O–H groups in total. The molecule has 3 aromatic carbocycles. The van der Waals surface area contributed by atoms with Crippen LogP contribution in [-0.4, -0.2) is 38.5 Å². The summed E-state index contributed by atoms with van der Waals surface area (Å²) in [6.45, 7) is 0.829. The third-order valence-corrected chi connectivity index (χ3v) is 6.11. The van der Waals surface area contributed by atoms with Crippen LogP contribution < -0.4 is 15.5 Å². The van der Waals surface area contributed by atoms with E-state index in [0.29, 0.717) is 42.1 Å². The number of nitrogens with one attached hydrogen (secondary N) is 2. The molecule has 4 rings (SSSR count). The van der Waals surface area contributed by atoms with Gasteiger partial charge in [0.2, 0.25) is 6.41 Å². The summed E-state index contributed by atoms with van der Waals surface area (Å²) >= 11 is 1.49. The first kappa shape index (κ1) is 21.6. The van der Waals surface area contributed by atoms with E-state index in [0.717, 1.165) is 15.5 Å². The van der Waals surface area contributed by atoms with Crippen LogP contribution in [0.25, 0.3) is 0 Å². The lowest BCUT2D eigenvalue weighted by atomic mass is 10.1. The van der Waals surface area contributed by atoms with Crippen molar-refractivity contribution >= 4 is 47.0 Å². The maximum atomic E-state index is 13.2. The van der Waals surface area contributed by atoms with Crippen LogP contribution >= 0.6 is 11.8 Å². The van der Waals surface area contributed by atoms with Crippen molar-refractivity contribution < 1.29 is 19.1 Å². The topological polar surface area (TPSA) is 87.7 Å². The fourth-order valence-corrected chi connectivity index (χ4v) is 4.51. The predicted octanol–water partition coefficient (Wildman–Crippen LogP) is 4.27. The molecule has 0 bridgehead atoms. The lowest BCUT2D eigenvalue weighted by Crippen LogP contribution is -2.33. The molecule has 0 atom stereocenters.